The van der Waals surface area contributed by atoms with Crippen molar-refractivity contribution in [3.05, 3.63) is 29.3 Å². The van der Waals surface area contributed by atoms with Gasteiger partial charge in [0.15, 0.2) is 6.23 Å². The van der Waals surface area contributed by atoms with Gasteiger partial charge in [-0.3, -0.25) is 29.1 Å². The summed E-state index contributed by atoms with van der Waals surface area (Å²) >= 11 is 0. The molecule has 32 heavy (non-hydrogen) atoms. The lowest BCUT2D eigenvalue weighted by molar-refractivity contribution is -0.136. The number of nitrogens with zero attached hydrogens (tertiary/aromatic N) is 3. The van der Waals surface area contributed by atoms with Crippen molar-refractivity contribution in [1.29, 1.82) is 0 Å². The molecule has 0 bridgehead atoms. The first-order chi connectivity index (χ1) is 15.4. The number of carbonyl (C=O) groups excluding carboxylic acids is 3. The van der Waals surface area contributed by atoms with Gasteiger partial charge in [0.2, 0.25) is 5.91 Å². The van der Waals surface area contributed by atoms with E-state index in [-0.39, 0.29) is 43.0 Å². The van der Waals surface area contributed by atoms with Gasteiger partial charge in [0, 0.05) is 32.0 Å². The predicted octanol–water partition coefficient (Wildman–Crippen LogP) is -0.194. The molecule has 5 N–H and O–H groups in total. The van der Waals surface area contributed by atoms with Gasteiger partial charge < -0.3 is 26.3 Å². The van der Waals surface area contributed by atoms with Crippen molar-refractivity contribution >= 4 is 41.3 Å². The number of piperidine rings is 1. The number of benzene rings is 1. The maximum atomic E-state index is 13.2. The third kappa shape index (κ3) is 4.75. The molecule has 12 heteroatoms. The van der Waals surface area contributed by atoms with E-state index >= 15 is 0 Å². The Labute approximate surface area is 183 Å². The molecule has 1 aromatic rings. The van der Waals surface area contributed by atoms with Crippen molar-refractivity contribution in [2.24, 2.45) is 15.9 Å². The zero-order chi connectivity index (χ0) is 23.3. The van der Waals surface area contributed by atoms with Gasteiger partial charge >= 0.3 is 5.97 Å². The van der Waals surface area contributed by atoms with Crippen LogP contribution in [-0.4, -0.2) is 78.1 Å². The number of hydrogen-bond acceptors (Lipinski definition) is 9. The van der Waals surface area contributed by atoms with Gasteiger partial charge in [0.05, 0.1) is 35.8 Å². The number of aliphatic imine (C=N–C) groups is 1. The van der Waals surface area contributed by atoms with Gasteiger partial charge in [-0.05, 0) is 18.6 Å². The Balaban J connectivity index is 1.76. The molecule has 0 spiro atoms. The Bertz CT molecular complexity index is 991. The van der Waals surface area contributed by atoms with Crippen LogP contribution < -0.4 is 16.5 Å². The number of methoxy groups -OCH3 is 1. The molecule has 3 rings (SSSR count). The Morgan fingerprint density at radius 3 is 2.84 bits per heavy atom. The maximum absolute atomic E-state index is 13.2. The van der Waals surface area contributed by atoms with E-state index in [9.17, 15) is 19.2 Å². The van der Waals surface area contributed by atoms with Crippen molar-refractivity contribution in [1.82, 2.24) is 10.2 Å². The van der Waals surface area contributed by atoms with Gasteiger partial charge in [0.25, 0.3) is 11.8 Å². The van der Waals surface area contributed by atoms with Crippen LogP contribution in [0.3, 0.4) is 0 Å². The zero-order valence-electron chi connectivity index (χ0n) is 17.4. The van der Waals surface area contributed by atoms with Crippen molar-refractivity contribution in [3.8, 4) is 0 Å². The van der Waals surface area contributed by atoms with E-state index < -0.39 is 30.1 Å². The molecule has 0 aliphatic carbocycles. The van der Waals surface area contributed by atoms with Crippen molar-refractivity contribution in [2.75, 3.05) is 25.5 Å². The third-order valence-corrected chi connectivity index (χ3v) is 5.17. The number of hydrogen-bond donors (Lipinski definition) is 4. The summed E-state index contributed by atoms with van der Waals surface area (Å²) in [5.74, 6) is 3.25. The number of nitrogens with one attached hydrogen (secondary N) is 2. The van der Waals surface area contributed by atoms with Crippen LogP contribution >= 0.6 is 0 Å². The number of anilines is 1. The van der Waals surface area contributed by atoms with Crippen molar-refractivity contribution in [2.45, 2.75) is 31.5 Å². The molecule has 0 aromatic heterocycles. The largest absolute Gasteiger partial charge is 0.481 e. The Morgan fingerprint density at radius 1 is 1.38 bits per heavy atom. The summed E-state index contributed by atoms with van der Waals surface area (Å²) in [5, 5.41) is 17.9. The summed E-state index contributed by atoms with van der Waals surface area (Å²) in [5.41, 5.74) is 1.20. The van der Waals surface area contributed by atoms with Crippen LogP contribution in [0.4, 0.5) is 5.69 Å². The SMILES string of the molecule is COC1NC(=O)CCC1N1C(=O)c2cccc(NCC(C=NCCC(=O)O)=NN)c2C1=O. The van der Waals surface area contributed by atoms with E-state index in [1.807, 2.05) is 0 Å². The van der Waals surface area contributed by atoms with Gasteiger partial charge in [0.1, 0.15) is 0 Å². The van der Waals surface area contributed by atoms with E-state index in [1.54, 1.807) is 18.2 Å². The summed E-state index contributed by atoms with van der Waals surface area (Å²) < 4.78 is 5.29. The molecular formula is C20H24N6O6. The lowest BCUT2D eigenvalue weighted by Crippen LogP contribution is -2.57. The van der Waals surface area contributed by atoms with Crippen LogP contribution in [0.5, 0.6) is 0 Å². The summed E-state index contributed by atoms with van der Waals surface area (Å²) in [6.07, 6.45) is 0.931. The molecule has 170 valence electrons. The standard InChI is InChI=1S/C20H24N6O6/c1-32-18-14(5-6-15(27)24-18)26-19(30)12-3-2-4-13(17(12)20(26)31)23-10-11(25-21)9-22-8-7-16(28)29/h2-4,9,14,18,23H,5-8,10,21H2,1H3,(H,24,27)(H,28,29). The highest BCUT2D eigenvalue weighted by Crippen LogP contribution is 2.33. The number of aliphatic carboxylic acids is 1. The number of carboxylic acids is 1. The average molecular weight is 444 g/mol. The third-order valence-electron chi connectivity index (χ3n) is 5.17. The first-order valence-electron chi connectivity index (χ1n) is 9.92. The number of rotatable bonds is 9. The minimum atomic E-state index is -0.965. The molecule has 2 unspecified atom stereocenters. The minimum Gasteiger partial charge on any atom is -0.481 e. The number of amides is 3. The normalized spacial score (nSPS) is 21.1. The highest BCUT2D eigenvalue weighted by atomic mass is 16.5. The lowest BCUT2D eigenvalue weighted by atomic mass is 10.0. The number of hydrazone groups is 1. The van der Waals surface area contributed by atoms with E-state index in [0.29, 0.717) is 17.8 Å². The molecule has 2 atom stereocenters. The van der Waals surface area contributed by atoms with Crippen LogP contribution in [0.25, 0.3) is 0 Å². The number of ether oxygens (including phenoxy) is 1. The molecule has 0 radical (unpaired) electrons. The quantitative estimate of drug-likeness (QED) is 0.175. The summed E-state index contributed by atoms with van der Waals surface area (Å²) in [4.78, 5) is 53.6. The number of nitrogens with two attached hydrogens (primary N) is 1. The Hall–Kier alpha value is -3.80. The minimum absolute atomic E-state index is 0.0790. The van der Waals surface area contributed by atoms with Crippen LogP contribution in [-0.2, 0) is 14.3 Å². The molecule has 0 saturated carbocycles. The van der Waals surface area contributed by atoms with Crippen molar-refractivity contribution in [3.63, 3.8) is 0 Å². The summed E-state index contributed by atoms with van der Waals surface area (Å²) in [6.45, 7) is 0.181. The number of carbonyl (C=O) groups is 4. The molecule has 12 nitrogen and oxygen atoms in total. The molecular weight excluding hydrogens is 420 g/mol. The lowest BCUT2D eigenvalue weighted by Gasteiger charge is -2.35. The second kappa shape index (κ2) is 10.0. The second-order valence-electron chi connectivity index (χ2n) is 7.19. The monoisotopic (exact) mass is 444 g/mol. The summed E-state index contributed by atoms with van der Waals surface area (Å²) in [7, 11) is 1.40. The Kier molecular flexibility index (Phi) is 7.15. The van der Waals surface area contributed by atoms with Crippen LogP contribution in [0.2, 0.25) is 0 Å². The van der Waals surface area contributed by atoms with Crippen LogP contribution in [0.1, 0.15) is 40.0 Å². The van der Waals surface area contributed by atoms with Crippen LogP contribution in [0, 0.1) is 0 Å². The van der Waals surface area contributed by atoms with Gasteiger partial charge in [-0.25, -0.2) is 0 Å². The number of imide groups is 1. The highest BCUT2D eigenvalue weighted by molar-refractivity contribution is 6.32. The fraction of sp³-hybridized carbons (Fsp3) is 0.400. The number of fused-ring (bicyclic) bond motifs is 1. The molecule has 2 heterocycles. The summed E-state index contributed by atoms with van der Waals surface area (Å²) in [6, 6.07) is 4.24. The van der Waals surface area contributed by atoms with Crippen LogP contribution in [0.15, 0.2) is 28.3 Å². The number of carboxylic acid groups (broad SMARTS) is 1. The Morgan fingerprint density at radius 2 is 2.16 bits per heavy atom. The average Bonchev–Trinajstić information content (AvgIpc) is 3.03. The highest BCUT2D eigenvalue weighted by Gasteiger charge is 2.45. The van der Waals surface area contributed by atoms with Gasteiger partial charge in [-0.1, -0.05) is 6.07 Å². The molecule has 1 aromatic carbocycles. The first-order valence-corrected chi connectivity index (χ1v) is 9.92. The predicted molar refractivity (Wildman–Crippen MR) is 115 cm³/mol. The zero-order valence-corrected chi connectivity index (χ0v) is 17.4. The fourth-order valence-electron chi connectivity index (χ4n) is 3.63. The molecule has 2 aliphatic rings. The smallest absolute Gasteiger partial charge is 0.305 e. The maximum Gasteiger partial charge on any atom is 0.305 e. The molecule has 1 fully saturated rings. The van der Waals surface area contributed by atoms with Crippen molar-refractivity contribution < 1.29 is 29.0 Å². The van der Waals surface area contributed by atoms with E-state index in [1.165, 1.54) is 13.3 Å². The van der Waals surface area contributed by atoms with Gasteiger partial charge in [-0.15, -0.1) is 0 Å². The molecule has 1 saturated heterocycles. The van der Waals surface area contributed by atoms with Gasteiger partial charge in [-0.2, -0.15) is 5.10 Å². The first kappa shape index (κ1) is 22.9. The van der Waals surface area contributed by atoms with E-state index in [2.05, 4.69) is 20.7 Å². The molecule has 3 amide bonds. The fourth-order valence-corrected chi connectivity index (χ4v) is 3.63. The molecule has 2 aliphatic heterocycles. The van der Waals surface area contributed by atoms with E-state index in [0.717, 1.165) is 4.90 Å². The topological polar surface area (TPSA) is 176 Å². The second-order valence-corrected chi connectivity index (χ2v) is 7.19. The van der Waals surface area contributed by atoms with E-state index in [4.69, 9.17) is 15.7 Å².